The van der Waals surface area contributed by atoms with Crippen molar-refractivity contribution >= 4 is 28.9 Å². The average Bonchev–Trinajstić information content (AvgIpc) is 2.89. The molecule has 0 spiro atoms. The van der Waals surface area contributed by atoms with Crippen LogP contribution in [0, 0.1) is 28.3 Å². The summed E-state index contributed by atoms with van der Waals surface area (Å²) in [4.78, 5) is 16.6. The first kappa shape index (κ1) is 20.2. The van der Waals surface area contributed by atoms with Gasteiger partial charge in [0, 0.05) is 18.5 Å². The molecule has 146 valence electrons. The topological polar surface area (TPSA) is 93.3 Å². The molecule has 28 heavy (non-hydrogen) atoms. The van der Waals surface area contributed by atoms with Gasteiger partial charge >= 0.3 is 0 Å². The van der Waals surface area contributed by atoms with Gasteiger partial charge in [0.15, 0.2) is 17.7 Å². The Kier molecular flexibility index (Phi) is 5.94. The number of rotatable bonds is 6. The van der Waals surface area contributed by atoms with E-state index in [1.807, 2.05) is 13.8 Å². The van der Waals surface area contributed by atoms with Crippen LogP contribution < -0.4 is 10.4 Å². The maximum absolute atomic E-state index is 14.3. The molecule has 2 aromatic rings. The number of fused-ring (bicyclic) bond motifs is 1. The molecular weight excluding hydrogens is 383 g/mol. The van der Waals surface area contributed by atoms with Gasteiger partial charge in [-0.1, -0.05) is 37.6 Å². The number of hydroxylamine groups is 1. The number of benzene rings is 1. The molecule has 3 rings (SSSR count). The summed E-state index contributed by atoms with van der Waals surface area (Å²) in [5.74, 6) is -0.766. The van der Waals surface area contributed by atoms with Gasteiger partial charge in [-0.25, -0.2) is 9.37 Å². The van der Waals surface area contributed by atoms with E-state index in [4.69, 9.17) is 16.9 Å². The first-order valence-corrected chi connectivity index (χ1v) is 9.39. The third kappa shape index (κ3) is 3.99. The van der Waals surface area contributed by atoms with Gasteiger partial charge in [0.25, 0.3) is 0 Å². The van der Waals surface area contributed by atoms with Gasteiger partial charge in [-0.15, -0.1) is 0 Å². The van der Waals surface area contributed by atoms with E-state index in [0.29, 0.717) is 17.7 Å². The second-order valence-electron chi connectivity index (χ2n) is 7.30. The number of anilines is 1. The van der Waals surface area contributed by atoms with E-state index >= 15 is 0 Å². The second kappa shape index (κ2) is 8.23. The maximum atomic E-state index is 14.3. The van der Waals surface area contributed by atoms with Crippen molar-refractivity contribution in [1.82, 2.24) is 4.98 Å². The van der Waals surface area contributed by atoms with Gasteiger partial charge in [0.2, 0.25) is 5.78 Å². The first-order valence-electron chi connectivity index (χ1n) is 9.02. The van der Waals surface area contributed by atoms with Crippen molar-refractivity contribution in [2.24, 2.45) is 5.92 Å². The highest BCUT2D eigenvalue weighted by atomic mass is 35.5. The zero-order valence-electron chi connectivity index (χ0n) is 15.5. The number of hydrogen-bond donors (Lipinski definition) is 2. The normalized spacial score (nSPS) is 19.4. The number of aromatic nitrogens is 1. The lowest BCUT2D eigenvalue weighted by Gasteiger charge is -2.28. The standard InChI is InChI=1S/C20H20ClFN4O2/c1-11(2)7-13(24-20-15(22)8-12(10-23)19(21)25-20)9-17-18(27)14-5-3-4-6-16(14)26(17)28/h3-6,8,11,13,17,26H,7,9H2,1-2H3,(H,24,25). The lowest BCUT2D eigenvalue weighted by Crippen LogP contribution is -3.05. The Morgan fingerprint density at radius 3 is 2.79 bits per heavy atom. The van der Waals surface area contributed by atoms with Crippen molar-refractivity contribution < 1.29 is 14.2 Å². The van der Waals surface area contributed by atoms with Gasteiger partial charge in [-0.2, -0.15) is 5.26 Å². The Morgan fingerprint density at radius 2 is 2.14 bits per heavy atom. The van der Waals surface area contributed by atoms with Gasteiger partial charge in [-0.3, -0.25) is 4.79 Å². The van der Waals surface area contributed by atoms with Crippen molar-refractivity contribution in [3.8, 4) is 6.07 Å². The summed E-state index contributed by atoms with van der Waals surface area (Å²) < 4.78 is 14.3. The van der Waals surface area contributed by atoms with Crippen LogP contribution >= 0.6 is 11.6 Å². The third-order valence-electron chi connectivity index (χ3n) is 4.76. The molecule has 3 atom stereocenters. The predicted molar refractivity (Wildman–Crippen MR) is 104 cm³/mol. The predicted octanol–water partition coefficient (Wildman–Crippen LogP) is 3.24. The molecule has 1 aliphatic rings. The number of hydrogen-bond acceptors (Lipinski definition) is 5. The Bertz CT molecular complexity index is 944. The van der Waals surface area contributed by atoms with E-state index in [1.54, 1.807) is 30.3 Å². The van der Waals surface area contributed by atoms with Crippen LogP contribution in [-0.2, 0) is 0 Å². The Labute approximate surface area is 167 Å². The molecule has 1 aliphatic heterocycles. The van der Waals surface area contributed by atoms with Crippen LogP contribution in [0.1, 0.15) is 42.6 Å². The summed E-state index contributed by atoms with van der Waals surface area (Å²) in [6.07, 6.45) is 0.829. The fourth-order valence-corrected chi connectivity index (χ4v) is 3.71. The number of pyridine rings is 1. The molecule has 1 aromatic carbocycles. The highest BCUT2D eigenvalue weighted by Gasteiger charge is 2.39. The molecule has 2 heterocycles. The summed E-state index contributed by atoms with van der Waals surface area (Å²) in [7, 11) is 0. The van der Waals surface area contributed by atoms with Crippen LogP contribution in [0.3, 0.4) is 0 Å². The van der Waals surface area contributed by atoms with Crippen LogP contribution in [0.25, 0.3) is 0 Å². The second-order valence-corrected chi connectivity index (χ2v) is 7.66. The van der Waals surface area contributed by atoms with E-state index in [9.17, 15) is 14.4 Å². The summed E-state index contributed by atoms with van der Waals surface area (Å²) >= 11 is 5.92. The van der Waals surface area contributed by atoms with Crippen molar-refractivity contribution in [3.05, 3.63) is 57.6 Å². The number of nitrogens with zero attached hydrogens (tertiary/aromatic N) is 2. The molecular formula is C20H20ClFN4O2. The largest absolute Gasteiger partial charge is 0.628 e. The number of nitriles is 1. The number of nitrogens with one attached hydrogen (secondary N) is 2. The van der Waals surface area contributed by atoms with Crippen molar-refractivity contribution in [3.63, 3.8) is 0 Å². The van der Waals surface area contributed by atoms with Crippen LogP contribution in [0.15, 0.2) is 30.3 Å². The SMILES string of the molecule is CC(C)CC(CC1C(=O)c2ccccc2[NH+]1[O-])Nc1nc(Cl)c(C#N)cc1F. The van der Waals surface area contributed by atoms with E-state index in [2.05, 4.69) is 10.3 Å². The monoisotopic (exact) mass is 402 g/mol. The van der Waals surface area contributed by atoms with Gasteiger partial charge in [-0.05, 0) is 24.5 Å². The molecule has 0 radical (unpaired) electrons. The summed E-state index contributed by atoms with van der Waals surface area (Å²) in [5, 5.41) is 24.3. The quantitative estimate of drug-likeness (QED) is 0.571. The fourth-order valence-electron chi connectivity index (χ4n) is 3.53. The van der Waals surface area contributed by atoms with Crippen LogP contribution in [0.2, 0.25) is 5.15 Å². The number of carbonyl (C=O) groups excluding carboxylic acids is 1. The minimum absolute atomic E-state index is 0.0540. The number of ketones is 1. The maximum Gasteiger partial charge on any atom is 0.226 e. The van der Waals surface area contributed by atoms with Crippen molar-refractivity contribution in [2.45, 2.75) is 38.8 Å². The van der Waals surface area contributed by atoms with E-state index in [-0.39, 0.29) is 45.8 Å². The number of halogens is 2. The number of quaternary nitrogens is 1. The summed E-state index contributed by atoms with van der Waals surface area (Å²) in [6, 6.07) is 8.40. The summed E-state index contributed by atoms with van der Waals surface area (Å²) in [5.41, 5.74) is 0.819. The molecule has 3 unspecified atom stereocenters. The van der Waals surface area contributed by atoms with Gasteiger partial charge in [0.1, 0.15) is 16.9 Å². The smallest absolute Gasteiger partial charge is 0.226 e. The molecule has 0 amide bonds. The number of Topliss-reactive ketones (excluding diaryl/α,β-unsaturated/α-hetero) is 1. The summed E-state index contributed by atoms with van der Waals surface area (Å²) in [6.45, 7) is 3.99. The third-order valence-corrected chi connectivity index (χ3v) is 5.05. The van der Waals surface area contributed by atoms with Crippen molar-refractivity contribution in [1.29, 1.82) is 5.26 Å². The van der Waals surface area contributed by atoms with E-state index < -0.39 is 11.9 Å². The zero-order valence-corrected chi connectivity index (χ0v) is 16.3. The molecule has 0 saturated heterocycles. The lowest BCUT2D eigenvalue weighted by atomic mass is 9.95. The highest BCUT2D eigenvalue weighted by Crippen LogP contribution is 2.25. The fraction of sp³-hybridized carbons (Fsp3) is 0.350. The highest BCUT2D eigenvalue weighted by molar-refractivity contribution is 6.30. The Morgan fingerprint density at radius 1 is 1.43 bits per heavy atom. The molecule has 1 aromatic heterocycles. The molecule has 0 saturated carbocycles. The molecule has 8 heteroatoms. The van der Waals surface area contributed by atoms with E-state index in [1.165, 1.54) is 0 Å². The minimum Gasteiger partial charge on any atom is -0.628 e. The Balaban J connectivity index is 1.84. The molecule has 0 bridgehead atoms. The van der Waals surface area contributed by atoms with Crippen LogP contribution in [0.5, 0.6) is 0 Å². The first-order chi connectivity index (χ1) is 13.3. The zero-order chi connectivity index (χ0) is 20.4. The lowest BCUT2D eigenvalue weighted by molar-refractivity contribution is -0.790. The molecule has 2 N–H and O–H groups in total. The van der Waals surface area contributed by atoms with Gasteiger partial charge in [0.05, 0.1) is 11.1 Å². The van der Waals surface area contributed by atoms with Gasteiger partial charge < -0.3 is 15.6 Å². The molecule has 0 aliphatic carbocycles. The molecule has 0 fully saturated rings. The Hall–Kier alpha value is -2.53. The number of para-hydroxylation sites is 1. The van der Waals surface area contributed by atoms with Crippen LogP contribution in [0.4, 0.5) is 15.9 Å². The number of carbonyl (C=O) groups is 1. The molecule has 6 nitrogen and oxygen atoms in total. The van der Waals surface area contributed by atoms with E-state index in [0.717, 1.165) is 6.07 Å². The average molecular weight is 403 g/mol. The van der Waals surface area contributed by atoms with Crippen molar-refractivity contribution in [2.75, 3.05) is 5.32 Å². The minimum atomic E-state index is -0.800. The van der Waals surface area contributed by atoms with Crippen LogP contribution in [-0.4, -0.2) is 22.9 Å².